The molecule has 2 rings (SSSR count). The summed E-state index contributed by atoms with van der Waals surface area (Å²) >= 11 is 0. The van der Waals surface area contributed by atoms with Crippen LogP contribution in [0.1, 0.15) is 45.9 Å². The van der Waals surface area contributed by atoms with Gasteiger partial charge >= 0.3 is 0 Å². The highest BCUT2D eigenvalue weighted by atomic mass is 15.3. The monoisotopic (exact) mass is 250 g/mol. The summed E-state index contributed by atoms with van der Waals surface area (Å²) in [5, 5.41) is 8.24. The molecule has 102 valence electrons. The van der Waals surface area contributed by atoms with Crippen molar-refractivity contribution in [2.24, 2.45) is 0 Å². The van der Waals surface area contributed by atoms with Gasteiger partial charge in [0.05, 0.1) is 5.69 Å². The number of nitrogens with zero attached hydrogens (tertiary/aromatic N) is 3. The van der Waals surface area contributed by atoms with E-state index in [4.69, 9.17) is 0 Å². The Morgan fingerprint density at radius 2 is 2.06 bits per heavy atom. The maximum Gasteiger partial charge on any atom is 0.0764 e. The van der Waals surface area contributed by atoms with E-state index in [1.54, 1.807) is 0 Å². The Balaban J connectivity index is 1.94. The van der Waals surface area contributed by atoms with Crippen molar-refractivity contribution in [1.29, 1.82) is 0 Å². The number of aromatic nitrogens is 2. The van der Waals surface area contributed by atoms with Crippen LogP contribution in [0.5, 0.6) is 0 Å². The van der Waals surface area contributed by atoms with E-state index in [2.05, 4.69) is 60.0 Å². The van der Waals surface area contributed by atoms with Crippen LogP contribution in [-0.2, 0) is 6.54 Å². The molecule has 1 aliphatic rings. The van der Waals surface area contributed by atoms with Gasteiger partial charge in [0.2, 0.25) is 0 Å². The molecule has 4 heteroatoms. The smallest absolute Gasteiger partial charge is 0.0764 e. The Morgan fingerprint density at radius 3 is 2.67 bits per heavy atom. The molecule has 1 N–H and O–H groups in total. The Labute approximate surface area is 110 Å². The van der Waals surface area contributed by atoms with Crippen LogP contribution in [0.2, 0.25) is 0 Å². The van der Waals surface area contributed by atoms with Crippen LogP contribution in [-0.4, -0.2) is 39.9 Å². The molecule has 18 heavy (non-hydrogen) atoms. The van der Waals surface area contributed by atoms with E-state index in [1.165, 1.54) is 5.69 Å². The van der Waals surface area contributed by atoms with Gasteiger partial charge in [0.15, 0.2) is 0 Å². The highest BCUT2D eigenvalue weighted by Gasteiger charge is 2.21. The molecule has 2 heterocycles. The van der Waals surface area contributed by atoms with E-state index in [0.29, 0.717) is 18.1 Å². The predicted molar refractivity (Wildman–Crippen MR) is 74.6 cm³/mol. The topological polar surface area (TPSA) is 33.1 Å². The Hall–Kier alpha value is -0.870. The summed E-state index contributed by atoms with van der Waals surface area (Å²) in [6.07, 6.45) is 3.24. The van der Waals surface area contributed by atoms with Crippen molar-refractivity contribution in [1.82, 2.24) is 20.0 Å². The van der Waals surface area contributed by atoms with Gasteiger partial charge in [0.25, 0.3) is 0 Å². The maximum atomic E-state index is 4.68. The molecule has 0 aliphatic carbocycles. The van der Waals surface area contributed by atoms with Crippen LogP contribution >= 0.6 is 0 Å². The minimum Gasteiger partial charge on any atom is -0.309 e. The summed E-state index contributed by atoms with van der Waals surface area (Å²) in [6, 6.07) is 3.80. The van der Waals surface area contributed by atoms with Gasteiger partial charge in [-0.3, -0.25) is 9.58 Å². The van der Waals surface area contributed by atoms with Gasteiger partial charge in [-0.15, -0.1) is 0 Å². The van der Waals surface area contributed by atoms with E-state index < -0.39 is 0 Å². The van der Waals surface area contributed by atoms with Crippen LogP contribution in [0.3, 0.4) is 0 Å². The van der Waals surface area contributed by atoms with Crippen molar-refractivity contribution >= 4 is 0 Å². The Morgan fingerprint density at radius 1 is 1.39 bits per heavy atom. The third-order valence-electron chi connectivity index (χ3n) is 3.72. The number of nitrogens with one attached hydrogen (secondary N) is 1. The molecule has 1 fully saturated rings. The molecule has 0 aromatic carbocycles. The summed E-state index contributed by atoms with van der Waals surface area (Å²) in [4.78, 5) is 2.50. The molecule has 1 aliphatic heterocycles. The van der Waals surface area contributed by atoms with E-state index in [1.807, 2.05) is 0 Å². The largest absolute Gasteiger partial charge is 0.309 e. The highest BCUT2D eigenvalue weighted by molar-refractivity contribution is 5.00. The fourth-order valence-electron chi connectivity index (χ4n) is 2.69. The summed E-state index contributed by atoms with van der Waals surface area (Å²) < 4.78 is 2.09. The molecule has 1 aromatic heterocycles. The summed E-state index contributed by atoms with van der Waals surface area (Å²) in [5.74, 6) is 0. The van der Waals surface area contributed by atoms with Gasteiger partial charge < -0.3 is 5.32 Å². The normalized spacial score (nSPS) is 27.3. The van der Waals surface area contributed by atoms with E-state index in [9.17, 15) is 0 Å². The maximum absolute atomic E-state index is 4.68. The molecule has 0 radical (unpaired) electrons. The van der Waals surface area contributed by atoms with Gasteiger partial charge in [0.1, 0.15) is 0 Å². The third kappa shape index (κ3) is 3.33. The lowest BCUT2D eigenvalue weighted by molar-refractivity contribution is 0.164. The van der Waals surface area contributed by atoms with Crippen molar-refractivity contribution in [2.75, 3.05) is 13.1 Å². The van der Waals surface area contributed by atoms with E-state index in [0.717, 1.165) is 26.1 Å². The fourth-order valence-corrected chi connectivity index (χ4v) is 2.69. The highest BCUT2D eigenvalue weighted by Crippen LogP contribution is 2.12. The molecule has 4 nitrogen and oxygen atoms in total. The molecule has 0 amide bonds. The standard InChI is InChI=1S/C14H26N4/c1-5-13(4)18-7-6-14(16-18)10-17-8-11(2)15-12(3)9-17/h6-7,11-13,15H,5,8-10H2,1-4H3. The van der Waals surface area contributed by atoms with Gasteiger partial charge in [-0.1, -0.05) is 6.92 Å². The molecular formula is C14H26N4. The first kappa shape index (κ1) is 13.6. The Bertz CT molecular complexity index is 364. The SMILES string of the molecule is CCC(C)n1ccc(CN2CC(C)NC(C)C2)n1. The molecule has 0 bridgehead atoms. The first-order valence-electron chi connectivity index (χ1n) is 7.11. The average molecular weight is 250 g/mol. The summed E-state index contributed by atoms with van der Waals surface area (Å²) in [5.41, 5.74) is 1.19. The molecule has 0 saturated carbocycles. The minimum atomic E-state index is 0.500. The molecule has 1 saturated heterocycles. The first-order chi connectivity index (χ1) is 8.58. The lowest BCUT2D eigenvalue weighted by Crippen LogP contribution is -2.53. The van der Waals surface area contributed by atoms with E-state index in [-0.39, 0.29) is 0 Å². The lowest BCUT2D eigenvalue weighted by atomic mass is 10.1. The zero-order valence-electron chi connectivity index (χ0n) is 12.1. The van der Waals surface area contributed by atoms with Crippen LogP contribution < -0.4 is 5.32 Å². The molecule has 1 aromatic rings. The van der Waals surface area contributed by atoms with Crippen LogP contribution in [0, 0.1) is 0 Å². The van der Waals surface area contributed by atoms with Crippen molar-refractivity contribution < 1.29 is 0 Å². The fraction of sp³-hybridized carbons (Fsp3) is 0.786. The summed E-state index contributed by atoms with van der Waals surface area (Å²) in [7, 11) is 0. The second-order valence-corrected chi connectivity index (χ2v) is 5.71. The zero-order valence-corrected chi connectivity index (χ0v) is 12.1. The molecule has 0 spiro atoms. The first-order valence-corrected chi connectivity index (χ1v) is 7.11. The van der Waals surface area contributed by atoms with Crippen molar-refractivity contribution in [3.63, 3.8) is 0 Å². The van der Waals surface area contributed by atoms with Crippen LogP contribution in [0.4, 0.5) is 0 Å². The van der Waals surface area contributed by atoms with Gasteiger partial charge in [0, 0.05) is 44.0 Å². The second kappa shape index (κ2) is 5.85. The van der Waals surface area contributed by atoms with Crippen LogP contribution in [0.25, 0.3) is 0 Å². The van der Waals surface area contributed by atoms with Gasteiger partial charge in [-0.05, 0) is 33.3 Å². The predicted octanol–water partition coefficient (Wildman–Crippen LogP) is 2.04. The zero-order chi connectivity index (χ0) is 13.1. The number of rotatable bonds is 4. The average Bonchev–Trinajstić information content (AvgIpc) is 2.75. The van der Waals surface area contributed by atoms with Crippen molar-refractivity contribution in [2.45, 2.75) is 58.8 Å². The second-order valence-electron chi connectivity index (χ2n) is 5.71. The Kier molecular flexibility index (Phi) is 4.40. The third-order valence-corrected chi connectivity index (χ3v) is 3.72. The number of piperazine rings is 1. The number of hydrogen-bond acceptors (Lipinski definition) is 3. The lowest BCUT2D eigenvalue weighted by Gasteiger charge is -2.35. The molecule has 3 unspecified atom stereocenters. The summed E-state index contributed by atoms with van der Waals surface area (Å²) in [6.45, 7) is 12.1. The quantitative estimate of drug-likeness (QED) is 0.887. The van der Waals surface area contributed by atoms with Crippen molar-refractivity contribution in [3.8, 4) is 0 Å². The van der Waals surface area contributed by atoms with Gasteiger partial charge in [-0.2, -0.15) is 5.10 Å². The number of hydrogen-bond donors (Lipinski definition) is 1. The molecular weight excluding hydrogens is 224 g/mol. The van der Waals surface area contributed by atoms with E-state index >= 15 is 0 Å². The van der Waals surface area contributed by atoms with Crippen LogP contribution in [0.15, 0.2) is 12.3 Å². The molecule has 3 atom stereocenters. The van der Waals surface area contributed by atoms with Crippen molar-refractivity contribution in [3.05, 3.63) is 18.0 Å². The minimum absolute atomic E-state index is 0.500. The van der Waals surface area contributed by atoms with Gasteiger partial charge in [-0.25, -0.2) is 0 Å².